The van der Waals surface area contributed by atoms with Crippen LogP contribution in [0.3, 0.4) is 0 Å². The summed E-state index contributed by atoms with van der Waals surface area (Å²) in [5, 5.41) is 7.86. The van der Waals surface area contributed by atoms with E-state index in [0.717, 1.165) is 0 Å². The zero-order valence-electron chi connectivity index (χ0n) is 16.3. The fourth-order valence-corrected chi connectivity index (χ4v) is 19.5. The summed E-state index contributed by atoms with van der Waals surface area (Å²) >= 11 is -0.396. The Morgan fingerprint density at radius 2 is 0.762 bits per heavy atom. The third-order valence-corrected chi connectivity index (χ3v) is 20.1. The Kier molecular flexibility index (Phi) is 8.13. The van der Waals surface area contributed by atoms with Crippen LogP contribution in [0, 0.1) is 0 Å². The molecule has 21 heavy (non-hydrogen) atoms. The zero-order valence-corrected chi connectivity index (χ0v) is 22.6. The van der Waals surface area contributed by atoms with Gasteiger partial charge < -0.3 is 0 Å². The van der Waals surface area contributed by atoms with E-state index in [0.29, 0.717) is 0 Å². The Bertz CT molecular complexity index is 296. The van der Waals surface area contributed by atoms with Crippen LogP contribution in [-0.4, -0.2) is 60.3 Å². The fraction of sp³-hybridized carbons (Fsp3) is 1.00. The van der Waals surface area contributed by atoms with Crippen molar-refractivity contribution in [2.45, 2.75) is 78.6 Å². The van der Waals surface area contributed by atoms with Crippen LogP contribution in [0.25, 0.3) is 0 Å². The van der Waals surface area contributed by atoms with Gasteiger partial charge in [-0.2, -0.15) is 0 Å². The third-order valence-electron chi connectivity index (χ3n) is 2.26. The molecular formula is C12H38N4Si4Te. The van der Waals surface area contributed by atoms with Crippen molar-refractivity contribution in [2.24, 2.45) is 0 Å². The number of hydrazine groups is 2. The molecule has 0 aromatic heterocycles. The molecule has 0 aliphatic carbocycles. The summed E-state index contributed by atoms with van der Waals surface area (Å²) in [5.41, 5.74) is 0. The van der Waals surface area contributed by atoms with E-state index in [1.807, 2.05) is 0 Å². The summed E-state index contributed by atoms with van der Waals surface area (Å²) in [7, 11) is -5.28. The standard InChI is InChI=1S/C12H38N4Si4Te/c1-17(2,3)13-15(19(7,8)9)21-16(20(10,11)12)14-18(4,5)6/h13-14H,1-12H3. The van der Waals surface area contributed by atoms with Crippen LogP contribution in [0.4, 0.5) is 0 Å². The maximum atomic E-state index is 3.93. The number of rotatable bonds is 8. The number of nitrogens with zero attached hydrogens (tertiary/aromatic N) is 2. The van der Waals surface area contributed by atoms with E-state index in [4.69, 9.17) is 0 Å². The molecule has 0 unspecified atom stereocenters. The molecule has 0 atom stereocenters. The molecular weight excluding hydrogens is 440 g/mol. The van der Waals surface area contributed by atoms with Gasteiger partial charge in [-0.3, -0.25) is 0 Å². The molecule has 0 spiro atoms. The van der Waals surface area contributed by atoms with Crippen LogP contribution >= 0.6 is 0 Å². The van der Waals surface area contributed by atoms with Crippen molar-refractivity contribution in [3.05, 3.63) is 0 Å². The molecule has 0 fully saturated rings. The predicted molar refractivity (Wildman–Crippen MR) is 109 cm³/mol. The topological polar surface area (TPSA) is 30.5 Å². The minimum absolute atomic E-state index is 0.396. The summed E-state index contributed by atoms with van der Waals surface area (Å²) in [5.74, 6) is 0. The SMILES string of the molecule is C[Si](C)(C)NN([Te]N(N[Si](C)(C)C)[Si](C)(C)C)[Si](C)(C)C. The van der Waals surface area contributed by atoms with Crippen LogP contribution in [0.5, 0.6) is 0 Å². The molecule has 2 N–H and O–H groups in total. The van der Waals surface area contributed by atoms with Gasteiger partial charge in [0.25, 0.3) is 0 Å². The Morgan fingerprint density at radius 1 is 0.524 bits per heavy atom. The molecule has 0 aliphatic rings. The summed E-state index contributed by atoms with van der Waals surface area (Å²) in [4.78, 5) is 0. The monoisotopic (exact) mass is 480 g/mol. The van der Waals surface area contributed by atoms with Crippen molar-refractivity contribution in [2.75, 3.05) is 0 Å². The first kappa shape index (κ1) is 22.5. The third kappa shape index (κ3) is 10.8. The van der Waals surface area contributed by atoms with Crippen molar-refractivity contribution in [3.8, 4) is 0 Å². The van der Waals surface area contributed by atoms with Gasteiger partial charge in [-0.1, -0.05) is 0 Å². The Morgan fingerprint density at radius 3 is 0.905 bits per heavy atom. The molecule has 0 rings (SSSR count). The van der Waals surface area contributed by atoms with Gasteiger partial charge >= 0.3 is 149 Å². The van der Waals surface area contributed by atoms with E-state index in [-0.39, 0.29) is 0 Å². The van der Waals surface area contributed by atoms with Gasteiger partial charge in [-0.25, -0.2) is 0 Å². The van der Waals surface area contributed by atoms with E-state index in [1.165, 1.54) is 0 Å². The number of nitrogens with one attached hydrogen (secondary N) is 2. The Balaban J connectivity index is 5.23. The van der Waals surface area contributed by atoms with Gasteiger partial charge in [0.1, 0.15) is 0 Å². The fourth-order valence-electron chi connectivity index (χ4n) is 1.31. The van der Waals surface area contributed by atoms with Crippen LogP contribution in [-0.2, 0) is 0 Å². The second kappa shape index (κ2) is 7.59. The van der Waals surface area contributed by atoms with E-state index in [2.05, 4.69) is 94.6 Å². The Labute approximate surface area is 148 Å². The number of hydrogen-bond donors (Lipinski definition) is 2. The molecule has 9 heteroatoms. The van der Waals surface area contributed by atoms with Crippen LogP contribution in [0.15, 0.2) is 0 Å². The predicted octanol–water partition coefficient (Wildman–Crippen LogP) is 3.47. The molecule has 128 valence electrons. The van der Waals surface area contributed by atoms with Crippen LogP contribution < -0.4 is 10.2 Å². The summed E-state index contributed by atoms with van der Waals surface area (Å²) in [6.45, 7) is 29.2. The molecule has 0 aliphatic heterocycles. The zero-order chi connectivity index (χ0) is 17.3. The summed E-state index contributed by atoms with van der Waals surface area (Å²) in [6.07, 6.45) is 0. The van der Waals surface area contributed by atoms with Gasteiger partial charge in [0.2, 0.25) is 0 Å². The first-order valence-electron chi connectivity index (χ1n) is 7.76. The molecule has 4 nitrogen and oxygen atoms in total. The van der Waals surface area contributed by atoms with E-state index >= 15 is 0 Å². The van der Waals surface area contributed by atoms with Gasteiger partial charge in [0, 0.05) is 0 Å². The van der Waals surface area contributed by atoms with Gasteiger partial charge in [-0.15, -0.1) is 0 Å². The van der Waals surface area contributed by atoms with E-state index in [1.54, 1.807) is 0 Å². The average Bonchev–Trinajstić information content (AvgIpc) is 2.07. The molecule has 0 amide bonds. The van der Waals surface area contributed by atoms with Crippen molar-refractivity contribution in [3.63, 3.8) is 0 Å². The molecule has 0 radical (unpaired) electrons. The summed E-state index contributed by atoms with van der Waals surface area (Å²) < 4.78 is 5.41. The average molecular weight is 478 g/mol. The second-order valence-electron chi connectivity index (χ2n) is 9.74. The minimum atomic E-state index is -1.34. The van der Waals surface area contributed by atoms with Crippen LogP contribution in [0.1, 0.15) is 0 Å². The van der Waals surface area contributed by atoms with Crippen molar-refractivity contribution >= 4 is 54.4 Å². The van der Waals surface area contributed by atoms with Gasteiger partial charge in [-0.05, 0) is 0 Å². The van der Waals surface area contributed by atoms with Crippen molar-refractivity contribution in [1.29, 1.82) is 0 Å². The number of hydrogen-bond acceptors (Lipinski definition) is 4. The molecule has 0 saturated heterocycles. The first-order chi connectivity index (χ1) is 8.92. The first-order valence-corrected chi connectivity index (χ1v) is 23.7. The quantitative estimate of drug-likeness (QED) is 0.413. The molecule has 0 heterocycles. The van der Waals surface area contributed by atoms with Crippen LogP contribution in [0.2, 0.25) is 78.6 Å². The van der Waals surface area contributed by atoms with Crippen molar-refractivity contribution in [1.82, 2.24) is 16.0 Å². The van der Waals surface area contributed by atoms with Gasteiger partial charge in [0.05, 0.1) is 0 Å². The summed E-state index contributed by atoms with van der Waals surface area (Å²) in [6, 6.07) is 0. The van der Waals surface area contributed by atoms with Crippen molar-refractivity contribution < 1.29 is 0 Å². The molecule has 0 aromatic carbocycles. The molecule has 0 bridgehead atoms. The Hall–Kier alpha value is 1.50. The molecule has 0 saturated carbocycles. The molecule has 0 aromatic rings. The normalized spacial score (nSPS) is 15.1. The van der Waals surface area contributed by atoms with Gasteiger partial charge in [0.15, 0.2) is 0 Å². The van der Waals surface area contributed by atoms with E-state index in [9.17, 15) is 0 Å². The maximum absolute atomic E-state index is 3.93. The second-order valence-corrected chi connectivity index (χ2v) is 33.3. The van der Waals surface area contributed by atoms with E-state index < -0.39 is 54.4 Å².